The Bertz CT molecular complexity index is 362. The first-order chi connectivity index (χ1) is 8.63. The van der Waals surface area contributed by atoms with Crippen LogP contribution in [0, 0.1) is 6.92 Å². The first-order valence-electron chi connectivity index (χ1n) is 6.11. The molecule has 0 saturated carbocycles. The highest BCUT2D eigenvalue weighted by atomic mass is 16.5. The maximum absolute atomic E-state index is 11.9. The van der Waals surface area contributed by atoms with Gasteiger partial charge in [0, 0.05) is 13.6 Å². The number of benzene rings is 1. The van der Waals surface area contributed by atoms with Crippen LogP contribution in [0.3, 0.4) is 0 Å². The van der Waals surface area contributed by atoms with E-state index in [9.17, 15) is 4.79 Å². The Labute approximate surface area is 108 Å². The molecule has 18 heavy (non-hydrogen) atoms. The lowest BCUT2D eigenvalue weighted by atomic mass is 10.1. The fourth-order valence-electron chi connectivity index (χ4n) is 1.51. The zero-order valence-corrected chi connectivity index (χ0v) is 11.1. The fourth-order valence-corrected chi connectivity index (χ4v) is 1.51. The molecule has 0 saturated heterocycles. The summed E-state index contributed by atoms with van der Waals surface area (Å²) in [5.74, 6) is 0.0754. The second kappa shape index (κ2) is 7.84. The normalized spacial score (nSPS) is 10.4. The van der Waals surface area contributed by atoms with Crippen LogP contribution in [0.2, 0.25) is 0 Å². The number of carbonyl (C=O) groups excluding carboxylic acids is 1. The average molecular weight is 251 g/mol. The predicted octanol–water partition coefficient (Wildman–Crippen LogP) is 1.00. The summed E-state index contributed by atoms with van der Waals surface area (Å²) in [5.41, 5.74) is 2.21. The Morgan fingerprint density at radius 2 is 1.94 bits per heavy atom. The van der Waals surface area contributed by atoms with E-state index in [1.807, 2.05) is 31.2 Å². The van der Waals surface area contributed by atoms with Gasteiger partial charge in [-0.1, -0.05) is 29.8 Å². The number of hydrogen-bond acceptors (Lipinski definition) is 3. The maximum atomic E-state index is 11.9. The minimum Gasteiger partial charge on any atom is -0.394 e. The predicted molar refractivity (Wildman–Crippen MR) is 70.4 cm³/mol. The zero-order chi connectivity index (χ0) is 13.4. The third-order valence-corrected chi connectivity index (χ3v) is 2.71. The van der Waals surface area contributed by atoms with Gasteiger partial charge in [-0.15, -0.1) is 0 Å². The quantitative estimate of drug-likeness (QED) is 0.736. The molecule has 0 fully saturated rings. The molecule has 0 bridgehead atoms. The molecule has 0 radical (unpaired) electrons. The van der Waals surface area contributed by atoms with Crippen molar-refractivity contribution in [1.29, 1.82) is 0 Å². The smallest absolute Gasteiger partial charge is 0.226 e. The Hall–Kier alpha value is -1.39. The van der Waals surface area contributed by atoms with Crippen LogP contribution in [0.5, 0.6) is 0 Å². The van der Waals surface area contributed by atoms with Gasteiger partial charge in [0.25, 0.3) is 0 Å². The minimum absolute atomic E-state index is 0.0149. The van der Waals surface area contributed by atoms with E-state index in [1.54, 1.807) is 11.9 Å². The molecule has 0 atom stereocenters. The Morgan fingerprint density at radius 1 is 1.28 bits per heavy atom. The van der Waals surface area contributed by atoms with Crippen LogP contribution >= 0.6 is 0 Å². The van der Waals surface area contributed by atoms with Crippen molar-refractivity contribution in [2.75, 3.05) is 33.4 Å². The van der Waals surface area contributed by atoms with Crippen molar-refractivity contribution in [2.45, 2.75) is 13.3 Å². The van der Waals surface area contributed by atoms with Crippen molar-refractivity contribution < 1.29 is 14.6 Å². The highest BCUT2D eigenvalue weighted by molar-refractivity contribution is 5.78. The molecule has 0 unspecified atom stereocenters. The molecule has 0 aliphatic rings. The number of rotatable bonds is 7. The maximum Gasteiger partial charge on any atom is 0.226 e. The van der Waals surface area contributed by atoms with Gasteiger partial charge in [0.1, 0.15) is 0 Å². The molecule has 0 aliphatic heterocycles. The number of aryl methyl sites for hydroxylation is 1. The molecular weight excluding hydrogens is 230 g/mol. The lowest BCUT2D eigenvalue weighted by molar-refractivity contribution is -0.129. The van der Waals surface area contributed by atoms with E-state index < -0.39 is 0 Å². The SMILES string of the molecule is Cc1ccc(CC(=O)N(C)CCOCCO)cc1. The van der Waals surface area contributed by atoms with E-state index in [-0.39, 0.29) is 12.5 Å². The van der Waals surface area contributed by atoms with Crippen LogP contribution in [-0.2, 0) is 16.0 Å². The van der Waals surface area contributed by atoms with Crippen molar-refractivity contribution in [2.24, 2.45) is 0 Å². The van der Waals surface area contributed by atoms with Gasteiger partial charge < -0.3 is 14.7 Å². The van der Waals surface area contributed by atoms with Crippen molar-refractivity contribution >= 4 is 5.91 Å². The summed E-state index contributed by atoms with van der Waals surface area (Å²) < 4.78 is 5.13. The molecule has 100 valence electrons. The van der Waals surface area contributed by atoms with Crippen LogP contribution < -0.4 is 0 Å². The van der Waals surface area contributed by atoms with Crippen LogP contribution in [0.15, 0.2) is 24.3 Å². The third kappa shape index (κ3) is 5.29. The van der Waals surface area contributed by atoms with E-state index in [0.29, 0.717) is 26.2 Å². The highest BCUT2D eigenvalue weighted by Crippen LogP contribution is 2.05. The lowest BCUT2D eigenvalue weighted by Crippen LogP contribution is -2.31. The number of hydrogen-bond donors (Lipinski definition) is 1. The number of aliphatic hydroxyl groups excluding tert-OH is 1. The van der Waals surface area contributed by atoms with Gasteiger partial charge in [0.05, 0.1) is 26.2 Å². The summed E-state index contributed by atoms with van der Waals surface area (Å²) in [4.78, 5) is 13.5. The van der Waals surface area contributed by atoms with E-state index >= 15 is 0 Å². The third-order valence-electron chi connectivity index (χ3n) is 2.71. The molecule has 4 nitrogen and oxygen atoms in total. The van der Waals surface area contributed by atoms with Gasteiger partial charge in [0.2, 0.25) is 5.91 Å². The molecule has 4 heteroatoms. The first kappa shape index (κ1) is 14.7. The van der Waals surface area contributed by atoms with Gasteiger partial charge in [0.15, 0.2) is 0 Å². The number of aliphatic hydroxyl groups is 1. The van der Waals surface area contributed by atoms with Crippen LogP contribution in [0.25, 0.3) is 0 Å². The topological polar surface area (TPSA) is 49.8 Å². The number of nitrogens with zero attached hydrogens (tertiary/aromatic N) is 1. The van der Waals surface area contributed by atoms with E-state index in [0.717, 1.165) is 5.56 Å². The molecular formula is C14H21NO3. The first-order valence-corrected chi connectivity index (χ1v) is 6.11. The number of carbonyl (C=O) groups is 1. The molecule has 1 aromatic rings. The summed E-state index contributed by atoms with van der Waals surface area (Å²) in [7, 11) is 1.76. The number of likely N-dealkylation sites (N-methyl/N-ethyl adjacent to an activating group) is 1. The van der Waals surface area contributed by atoms with Gasteiger partial charge in [-0.25, -0.2) is 0 Å². The Balaban J connectivity index is 2.33. The van der Waals surface area contributed by atoms with Gasteiger partial charge in [-0.2, -0.15) is 0 Å². The summed E-state index contributed by atoms with van der Waals surface area (Å²) in [6.07, 6.45) is 0.413. The lowest BCUT2D eigenvalue weighted by Gasteiger charge is -2.17. The van der Waals surface area contributed by atoms with Crippen LogP contribution in [-0.4, -0.2) is 49.3 Å². The molecule has 1 amide bonds. The van der Waals surface area contributed by atoms with Crippen molar-refractivity contribution in [1.82, 2.24) is 4.90 Å². The Morgan fingerprint density at radius 3 is 2.56 bits per heavy atom. The highest BCUT2D eigenvalue weighted by Gasteiger charge is 2.09. The van der Waals surface area contributed by atoms with Crippen LogP contribution in [0.1, 0.15) is 11.1 Å². The van der Waals surface area contributed by atoms with Gasteiger partial charge >= 0.3 is 0 Å². The standard InChI is InChI=1S/C14H21NO3/c1-12-3-5-13(6-4-12)11-14(17)15(2)7-9-18-10-8-16/h3-6,16H,7-11H2,1-2H3. The van der Waals surface area contributed by atoms with Gasteiger partial charge in [-0.3, -0.25) is 4.79 Å². The zero-order valence-electron chi connectivity index (χ0n) is 11.1. The molecule has 0 aromatic heterocycles. The molecule has 1 N–H and O–H groups in total. The average Bonchev–Trinajstić information content (AvgIpc) is 2.37. The largest absolute Gasteiger partial charge is 0.394 e. The monoisotopic (exact) mass is 251 g/mol. The fraction of sp³-hybridized carbons (Fsp3) is 0.500. The van der Waals surface area contributed by atoms with Crippen molar-refractivity contribution in [3.05, 3.63) is 35.4 Å². The van der Waals surface area contributed by atoms with E-state index in [4.69, 9.17) is 9.84 Å². The minimum atomic E-state index is 0.0149. The van der Waals surface area contributed by atoms with Gasteiger partial charge in [-0.05, 0) is 12.5 Å². The molecule has 1 rings (SSSR count). The Kier molecular flexibility index (Phi) is 6.39. The summed E-state index contributed by atoms with van der Waals surface area (Å²) in [6.45, 7) is 3.36. The molecule has 0 aliphatic carbocycles. The van der Waals surface area contributed by atoms with Crippen LogP contribution in [0.4, 0.5) is 0 Å². The number of amides is 1. The van der Waals surface area contributed by atoms with E-state index in [2.05, 4.69) is 0 Å². The summed E-state index contributed by atoms with van der Waals surface area (Å²) in [5, 5.41) is 8.55. The summed E-state index contributed by atoms with van der Waals surface area (Å²) >= 11 is 0. The van der Waals surface area contributed by atoms with Crippen molar-refractivity contribution in [3.63, 3.8) is 0 Å². The second-order valence-electron chi connectivity index (χ2n) is 4.31. The van der Waals surface area contributed by atoms with E-state index in [1.165, 1.54) is 5.56 Å². The molecule has 0 heterocycles. The second-order valence-corrected chi connectivity index (χ2v) is 4.31. The molecule has 0 spiro atoms. The number of ether oxygens (including phenoxy) is 1. The summed E-state index contributed by atoms with van der Waals surface area (Å²) in [6, 6.07) is 7.96. The molecule has 1 aromatic carbocycles. The van der Waals surface area contributed by atoms with Crippen molar-refractivity contribution in [3.8, 4) is 0 Å².